The molecule has 2 aromatic rings. The van der Waals surface area contributed by atoms with Crippen LogP contribution in [0.15, 0.2) is 42.6 Å². The molecule has 4 rings (SSSR count). The molecule has 29 heavy (non-hydrogen) atoms. The van der Waals surface area contributed by atoms with E-state index in [-0.39, 0.29) is 5.54 Å². The lowest BCUT2D eigenvalue weighted by Crippen LogP contribution is -2.48. The van der Waals surface area contributed by atoms with Gasteiger partial charge in [0.25, 0.3) is 0 Å². The lowest BCUT2D eigenvalue weighted by atomic mass is 9.87. The monoisotopic (exact) mass is 395 g/mol. The Labute approximate surface area is 174 Å². The maximum Gasteiger partial charge on any atom is 0.164 e. The second-order valence-corrected chi connectivity index (χ2v) is 8.57. The summed E-state index contributed by atoms with van der Waals surface area (Å²) in [5, 5.41) is 3.70. The van der Waals surface area contributed by atoms with Crippen LogP contribution in [0.5, 0.6) is 11.5 Å². The predicted molar refractivity (Wildman–Crippen MR) is 117 cm³/mol. The number of nitrogens with one attached hydrogen (secondary N) is 1. The number of rotatable bonds is 7. The molecule has 2 aliphatic rings. The maximum atomic E-state index is 5.96. The maximum absolute atomic E-state index is 5.96. The fraction of sp³-hybridized carbons (Fsp3) is 0.542. The Bertz CT molecular complexity index is 790. The molecule has 0 aliphatic carbocycles. The Morgan fingerprint density at radius 1 is 1.10 bits per heavy atom. The van der Waals surface area contributed by atoms with Gasteiger partial charge < -0.3 is 19.7 Å². The number of benzene rings is 1. The van der Waals surface area contributed by atoms with Gasteiger partial charge in [-0.15, -0.1) is 0 Å². The van der Waals surface area contributed by atoms with Crippen LogP contribution >= 0.6 is 0 Å². The van der Waals surface area contributed by atoms with Crippen molar-refractivity contribution in [2.24, 2.45) is 0 Å². The lowest BCUT2D eigenvalue weighted by molar-refractivity contribution is 0.159. The summed E-state index contributed by atoms with van der Waals surface area (Å²) in [7, 11) is 0. The largest absolute Gasteiger partial charge is 0.486 e. The molecule has 1 aromatic heterocycles. The van der Waals surface area contributed by atoms with Crippen molar-refractivity contribution in [2.45, 2.75) is 51.0 Å². The van der Waals surface area contributed by atoms with Gasteiger partial charge in [0.15, 0.2) is 11.5 Å². The van der Waals surface area contributed by atoms with Gasteiger partial charge in [-0.25, -0.2) is 4.98 Å². The van der Waals surface area contributed by atoms with Crippen molar-refractivity contribution in [1.29, 1.82) is 0 Å². The fourth-order valence-corrected chi connectivity index (χ4v) is 4.79. The summed E-state index contributed by atoms with van der Waals surface area (Å²) in [6.45, 7) is 9.14. The molecule has 1 fully saturated rings. The van der Waals surface area contributed by atoms with Gasteiger partial charge >= 0.3 is 0 Å². The summed E-state index contributed by atoms with van der Waals surface area (Å²) < 4.78 is 11.7. The van der Waals surface area contributed by atoms with E-state index < -0.39 is 0 Å². The van der Waals surface area contributed by atoms with Crippen LogP contribution in [0.4, 0.5) is 5.82 Å². The molecular weight excluding hydrogens is 362 g/mol. The molecule has 0 bridgehead atoms. The van der Waals surface area contributed by atoms with E-state index in [1.807, 2.05) is 24.4 Å². The van der Waals surface area contributed by atoms with Crippen LogP contribution in [0.1, 0.15) is 51.0 Å². The third-order valence-electron chi connectivity index (χ3n) is 6.09. The highest BCUT2D eigenvalue weighted by Crippen LogP contribution is 2.41. The van der Waals surface area contributed by atoms with E-state index in [9.17, 15) is 0 Å². The van der Waals surface area contributed by atoms with Gasteiger partial charge in [-0.2, -0.15) is 0 Å². The number of hydrogen-bond acceptors (Lipinski definition) is 5. The summed E-state index contributed by atoms with van der Waals surface area (Å²) in [5.74, 6) is 3.39. The van der Waals surface area contributed by atoms with E-state index in [0.717, 1.165) is 62.6 Å². The average molecular weight is 396 g/mol. The first-order chi connectivity index (χ1) is 14.2. The van der Waals surface area contributed by atoms with Gasteiger partial charge in [-0.1, -0.05) is 31.5 Å². The molecule has 1 saturated heterocycles. The molecule has 0 amide bonds. The van der Waals surface area contributed by atoms with Crippen LogP contribution in [0, 0.1) is 0 Å². The molecule has 1 aromatic carbocycles. The second kappa shape index (κ2) is 9.04. The molecule has 0 spiro atoms. The molecule has 0 radical (unpaired) electrons. The van der Waals surface area contributed by atoms with E-state index in [2.05, 4.69) is 47.2 Å². The summed E-state index contributed by atoms with van der Waals surface area (Å²) in [5.41, 5.74) is 1.35. The van der Waals surface area contributed by atoms with Crippen LogP contribution in [0.3, 0.4) is 0 Å². The number of para-hydroxylation sites is 1. The molecule has 5 heteroatoms. The number of ether oxygens (including phenoxy) is 2. The molecule has 2 aliphatic heterocycles. The molecular formula is C24H33N3O2. The molecule has 1 N–H and O–H groups in total. The molecule has 0 unspecified atom stereocenters. The number of likely N-dealkylation sites (tertiary alicyclic amines) is 1. The topological polar surface area (TPSA) is 46.6 Å². The zero-order chi connectivity index (χ0) is 20.1. The Balaban J connectivity index is 1.39. The van der Waals surface area contributed by atoms with E-state index in [1.165, 1.54) is 5.56 Å². The minimum Gasteiger partial charge on any atom is -0.486 e. The number of hydrogen-bond donors (Lipinski definition) is 1. The summed E-state index contributed by atoms with van der Waals surface area (Å²) in [6.07, 6.45) is 6.45. The third kappa shape index (κ3) is 4.84. The first-order valence-electron chi connectivity index (χ1n) is 11.0. The fourth-order valence-electron chi connectivity index (χ4n) is 4.79. The summed E-state index contributed by atoms with van der Waals surface area (Å²) in [4.78, 5) is 7.08. The molecule has 0 saturated carbocycles. The smallest absolute Gasteiger partial charge is 0.164 e. The average Bonchev–Trinajstić information content (AvgIpc) is 2.75. The van der Waals surface area contributed by atoms with Crippen molar-refractivity contribution in [3.05, 3.63) is 48.2 Å². The van der Waals surface area contributed by atoms with Crippen LogP contribution < -0.4 is 14.8 Å². The number of fused-ring (bicyclic) bond motifs is 1. The minimum atomic E-state index is 0.0266. The van der Waals surface area contributed by atoms with Crippen molar-refractivity contribution in [3.63, 3.8) is 0 Å². The molecule has 5 nitrogen and oxygen atoms in total. The molecule has 3 heterocycles. The number of piperidine rings is 1. The number of aromatic nitrogens is 1. The summed E-state index contributed by atoms with van der Waals surface area (Å²) in [6, 6.07) is 12.4. The SMILES string of the molecule is CCC[C@](C)(CN1CCC(c2cccc3c2OCCO3)CC1)Nc1ccccn1. The van der Waals surface area contributed by atoms with Gasteiger partial charge in [0.2, 0.25) is 0 Å². The van der Waals surface area contributed by atoms with E-state index in [1.54, 1.807) is 0 Å². The number of anilines is 1. The van der Waals surface area contributed by atoms with E-state index in [4.69, 9.17) is 9.47 Å². The van der Waals surface area contributed by atoms with Crippen molar-refractivity contribution in [2.75, 3.05) is 38.2 Å². The van der Waals surface area contributed by atoms with Crippen LogP contribution in [0.25, 0.3) is 0 Å². The minimum absolute atomic E-state index is 0.0266. The van der Waals surface area contributed by atoms with Gasteiger partial charge in [0.05, 0.1) is 0 Å². The van der Waals surface area contributed by atoms with E-state index >= 15 is 0 Å². The predicted octanol–water partition coefficient (Wildman–Crippen LogP) is 4.70. The standard InChI is InChI=1S/C24H33N3O2/c1-3-12-24(2,26-22-9-4-5-13-25-22)18-27-14-10-19(11-15-27)20-7-6-8-21-23(20)29-17-16-28-21/h4-9,13,19H,3,10-12,14-18H2,1-2H3,(H,25,26)/t24-/m1/s1. The highest BCUT2D eigenvalue weighted by molar-refractivity contribution is 5.49. The second-order valence-electron chi connectivity index (χ2n) is 8.57. The first-order valence-corrected chi connectivity index (χ1v) is 11.0. The Morgan fingerprint density at radius 3 is 2.69 bits per heavy atom. The highest BCUT2D eigenvalue weighted by Gasteiger charge is 2.31. The Morgan fingerprint density at radius 2 is 1.93 bits per heavy atom. The van der Waals surface area contributed by atoms with Crippen LogP contribution in [-0.2, 0) is 0 Å². The number of nitrogens with zero attached hydrogens (tertiary/aromatic N) is 2. The zero-order valence-electron chi connectivity index (χ0n) is 17.7. The van der Waals surface area contributed by atoms with E-state index in [0.29, 0.717) is 19.1 Å². The van der Waals surface area contributed by atoms with Crippen molar-refractivity contribution in [1.82, 2.24) is 9.88 Å². The van der Waals surface area contributed by atoms with Crippen molar-refractivity contribution in [3.8, 4) is 11.5 Å². The van der Waals surface area contributed by atoms with Crippen molar-refractivity contribution >= 4 is 5.82 Å². The Kier molecular flexibility index (Phi) is 6.24. The van der Waals surface area contributed by atoms with Gasteiger partial charge in [0.1, 0.15) is 19.0 Å². The third-order valence-corrected chi connectivity index (χ3v) is 6.09. The highest BCUT2D eigenvalue weighted by atomic mass is 16.6. The summed E-state index contributed by atoms with van der Waals surface area (Å²) >= 11 is 0. The number of pyridine rings is 1. The zero-order valence-corrected chi connectivity index (χ0v) is 17.7. The quantitative estimate of drug-likeness (QED) is 0.736. The lowest BCUT2D eigenvalue weighted by Gasteiger charge is -2.40. The van der Waals surface area contributed by atoms with Gasteiger partial charge in [0, 0.05) is 23.8 Å². The van der Waals surface area contributed by atoms with Crippen LogP contribution in [0.2, 0.25) is 0 Å². The Hall–Kier alpha value is -2.27. The molecule has 1 atom stereocenters. The normalized spacial score (nSPS) is 19.5. The molecule has 156 valence electrons. The van der Waals surface area contributed by atoms with Crippen molar-refractivity contribution < 1.29 is 9.47 Å². The van der Waals surface area contributed by atoms with Crippen LogP contribution in [-0.4, -0.2) is 48.3 Å². The first kappa shape index (κ1) is 20.0. The van der Waals surface area contributed by atoms with Gasteiger partial charge in [-0.05, 0) is 63.4 Å². The van der Waals surface area contributed by atoms with Gasteiger partial charge in [-0.3, -0.25) is 0 Å².